The fourth-order valence-corrected chi connectivity index (χ4v) is 3.14. The Labute approximate surface area is 143 Å². The number of hydrogen-bond donors (Lipinski definition) is 1. The van der Waals surface area contributed by atoms with E-state index >= 15 is 0 Å². The Kier molecular flexibility index (Phi) is 5.40. The molecule has 2 fully saturated rings. The second-order valence-corrected chi connectivity index (χ2v) is 7.95. The van der Waals surface area contributed by atoms with Crippen LogP contribution in [0.1, 0.15) is 47.5 Å². The zero-order valence-corrected chi connectivity index (χ0v) is 15.3. The van der Waals surface area contributed by atoms with Crippen LogP contribution in [0.25, 0.3) is 0 Å². The summed E-state index contributed by atoms with van der Waals surface area (Å²) in [5, 5.41) is 2.77. The second-order valence-electron chi connectivity index (χ2n) is 7.95. The van der Waals surface area contributed by atoms with Gasteiger partial charge in [-0.05, 0) is 39.5 Å². The minimum Gasteiger partial charge on any atom is -0.444 e. The zero-order valence-electron chi connectivity index (χ0n) is 15.3. The molecule has 7 heteroatoms. The normalized spacial score (nSPS) is 23.5. The summed E-state index contributed by atoms with van der Waals surface area (Å²) in [4.78, 5) is 40.0. The molecule has 2 saturated heterocycles. The minimum absolute atomic E-state index is 0.00323. The number of hydrogen-bond acceptors (Lipinski definition) is 4. The summed E-state index contributed by atoms with van der Waals surface area (Å²) in [7, 11) is 0. The monoisotopic (exact) mass is 339 g/mol. The summed E-state index contributed by atoms with van der Waals surface area (Å²) in [6, 6.07) is -0.446. The highest BCUT2D eigenvalue weighted by molar-refractivity contribution is 5.95. The molecule has 2 aliphatic heterocycles. The Balaban J connectivity index is 1.95. The van der Waals surface area contributed by atoms with Crippen molar-refractivity contribution < 1.29 is 19.1 Å². The van der Waals surface area contributed by atoms with E-state index in [1.54, 1.807) is 9.80 Å². The predicted molar refractivity (Wildman–Crippen MR) is 89.3 cm³/mol. The minimum atomic E-state index is -0.515. The van der Waals surface area contributed by atoms with E-state index in [4.69, 9.17) is 4.74 Å². The molecule has 136 valence electrons. The molecule has 3 amide bonds. The molecule has 2 heterocycles. The molecule has 24 heavy (non-hydrogen) atoms. The first kappa shape index (κ1) is 18.5. The van der Waals surface area contributed by atoms with Gasteiger partial charge in [0.2, 0.25) is 11.8 Å². The molecule has 0 spiro atoms. The van der Waals surface area contributed by atoms with Gasteiger partial charge in [-0.2, -0.15) is 0 Å². The van der Waals surface area contributed by atoms with Crippen molar-refractivity contribution >= 4 is 17.9 Å². The molecule has 0 aromatic rings. The van der Waals surface area contributed by atoms with Crippen LogP contribution in [-0.2, 0) is 14.3 Å². The summed E-state index contributed by atoms with van der Waals surface area (Å²) < 4.78 is 5.39. The number of nitrogens with zero attached hydrogens (tertiary/aromatic N) is 2. The number of rotatable bonds is 2. The van der Waals surface area contributed by atoms with Gasteiger partial charge in [-0.15, -0.1) is 0 Å². The summed E-state index contributed by atoms with van der Waals surface area (Å²) in [6.45, 7) is 10.6. The zero-order chi connectivity index (χ0) is 18.1. The molecule has 1 atom stereocenters. The molecule has 0 aliphatic carbocycles. The Morgan fingerprint density at radius 1 is 1.21 bits per heavy atom. The average Bonchev–Trinajstić information content (AvgIpc) is 2.47. The first-order valence-corrected chi connectivity index (χ1v) is 8.66. The van der Waals surface area contributed by atoms with E-state index < -0.39 is 11.6 Å². The molecule has 0 saturated carbocycles. The van der Waals surface area contributed by atoms with Crippen molar-refractivity contribution in [3.05, 3.63) is 0 Å². The number of nitrogens with one attached hydrogen (secondary N) is 1. The molecule has 0 aromatic carbocycles. The first-order chi connectivity index (χ1) is 11.1. The van der Waals surface area contributed by atoms with Crippen LogP contribution >= 0.6 is 0 Å². The number of ether oxygens (including phenoxy) is 1. The third-order valence-corrected chi connectivity index (χ3v) is 4.40. The highest BCUT2D eigenvalue weighted by Gasteiger charge is 2.39. The molecule has 0 unspecified atom stereocenters. The van der Waals surface area contributed by atoms with Crippen molar-refractivity contribution in [2.45, 2.75) is 65.1 Å². The van der Waals surface area contributed by atoms with E-state index in [1.807, 2.05) is 34.6 Å². The van der Waals surface area contributed by atoms with Crippen LogP contribution in [0.3, 0.4) is 0 Å². The van der Waals surface area contributed by atoms with E-state index in [0.717, 1.165) is 0 Å². The van der Waals surface area contributed by atoms with Gasteiger partial charge in [0, 0.05) is 19.1 Å². The first-order valence-electron chi connectivity index (χ1n) is 8.66. The van der Waals surface area contributed by atoms with Crippen LogP contribution in [0.5, 0.6) is 0 Å². The van der Waals surface area contributed by atoms with Crippen LogP contribution in [-0.4, -0.2) is 65.0 Å². The summed E-state index contributed by atoms with van der Waals surface area (Å²) >= 11 is 0. The van der Waals surface area contributed by atoms with E-state index in [2.05, 4.69) is 5.32 Å². The van der Waals surface area contributed by atoms with E-state index in [1.165, 1.54) is 0 Å². The van der Waals surface area contributed by atoms with Crippen molar-refractivity contribution in [1.82, 2.24) is 15.1 Å². The molecule has 2 aliphatic rings. The Hall–Kier alpha value is -1.79. The van der Waals surface area contributed by atoms with E-state index in [-0.39, 0.29) is 36.4 Å². The standard InChI is InChI=1S/C17H29N3O4/c1-11(2)14-15(22)20(10-13(21)18-14)12-6-8-19(9-7-12)16(23)24-17(3,4)5/h11-12,14H,6-10H2,1-5H3,(H,18,21)/t14-/m0/s1. The second kappa shape index (κ2) is 6.99. The van der Waals surface area contributed by atoms with Gasteiger partial charge in [0.05, 0.1) is 6.54 Å². The van der Waals surface area contributed by atoms with Crippen molar-refractivity contribution in [1.29, 1.82) is 0 Å². The van der Waals surface area contributed by atoms with Gasteiger partial charge in [0.25, 0.3) is 0 Å². The summed E-state index contributed by atoms with van der Waals surface area (Å²) in [5.41, 5.74) is -0.515. The number of amides is 3. The molecule has 0 aromatic heterocycles. The number of carbonyl (C=O) groups is 3. The van der Waals surface area contributed by atoms with Gasteiger partial charge in [0.1, 0.15) is 11.6 Å². The third-order valence-electron chi connectivity index (χ3n) is 4.40. The van der Waals surface area contributed by atoms with Crippen LogP contribution in [0.4, 0.5) is 4.79 Å². The molecular formula is C17H29N3O4. The Morgan fingerprint density at radius 2 is 1.79 bits per heavy atom. The smallest absolute Gasteiger partial charge is 0.410 e. The Bertz CT molecular complexity index is 504. The molecule has 0 bridgehead atoms. The van der Waals surface area contributed by atoms with Gasteiger partial charge >= 0.3 is 6.09 Å². The van der Waals surface area contributed by atoms with E-state index in [9.17, 15) is 14.4 Å². The lowest BCUT2D eigenvalue weighted by Gasteiger charge is -2.42. The lowest BCUT2D eigenvalue weighted by Crippen LogP contribution is -2.63. The Morgan fingerprint density at radius 3 is 2.29 bits per heavy atom. The lowest BCUT2D eigenvalue weighted by molar-refractivity contribution is -0.148. The SMILES string of the molecule is CC(C)[C@@H]1NC(=O)CN(C2CCN(C(=O)OC(C)(C)C)CC2)C1=O. The van der Waals surface area contributed by atoms with Crippen molar-refractivity contribution in [2.24, 2.45) is 5.92 Å². The van der Waals surface area contributed by atoms with Gasteiger partial charge in [0.15, 0.2) is 0 Å². The van der Waals surface area contributed by atoms with Crippen molar-refractivity contribution in [3.63, 3.8) is 0 Å². The van der Waals surface area contributed by atoms with E-state index in [0.29, 0.717) is 25.9 Å². The van der Waals surface area contributed by atoms with Crippen LogP contribution in [0, 0.1) is 5.92 Å². The van der Waals surface area contributed by atoms with Crippen LogP contribution in [0.2, 0.25) is 0 Å². The lowest BCUT2D eigenvalue weighted by atomic mass is 9.96. The van der Waals surface area contributed by atoms with Crippen molar-refractivity contribution in [2.75, 3.05) is 19.6 Å². The van der Waals surface area contributed by atoms with Gasteiger partial charge in [-0.25, -0.2) is 4.79 Å². The highest BCUT2D eigenvalue weighted by Crippen LogP contribution is 2.22. The van der Waals surface area contributed by atoms with Crippen LogP contribution < -0.4 is 5.32 Å². The van der Waals surface area contributed by atoms with Crippen LogP contribution in [0.15, 0.2) is 0 Å². The van der Waals surface area contributed by atoms with Gasteiger partial charge in [-0.3, -0.25) is 9.59 Å². The summed E-state index contributed by atoms with van der Waals surface area (Å²) in [6.07, 6.45) is 1.02. The fraction of sp³-hybridized carbons (Fsp3) is 0.824. The maximum Gasteiger partial charge on any atom is 0.410 e. The number of likely N-dealkylation sites (tertiary alicyclic amines) is 1. The molecule has 7 nitrogen and oxygen atoms in total. The van der Waals surface area contributed by atoms with Crippen molar-refractivity contribution in [3.8, 4) is 0 Å². The number of piperazine rings is 1. The molecule has 0 radical (unpaired) electrons. The maximum absolute atomic E-state index is 12.6. The van der Waals surface area contributed by atoms with Gasteiger partial charge < -0.3 is 19.9 Å². The maximum atomic E-state index is 12.6. The average molecular weight is 339 g/mol. The molecular weight excluding hydrogens is 310 g/mol. The third kappa shape index (κ3) is 4.39. The number of carbonyl (C=O) groups excluding carboxylic acids is 3. The van der Waals surface area contributed by atoms with Gasteiger partial charge in [-0.1, -0.05) is 13.8 Å². The predicted octanol–water partition coefficient (Wildman–Crippen LogP) is 1.37. The topological polar surface area (TPSA) is 79.0 Å². The molecule has 2 rings (SSSR count). The fourth-order valence-electron chi connectivity index (χ4n) is 3.14. The highest BCUT2D eigenvalue weighted by atomic mass is 16.6. The molecule has 1 N–H and O–H groups in total. The summed E-state index contributed by atoms with van der Waals surface area (Å²) in [5.74, 6) is -0.0608. The largest absolute Gasteiger partial charge is 0.444 e. The number of piperidine rings is 1. The quantitative estimate of drug-likeness (QED) is 0.824.